The molecule has 1 aliphatic heterocycles. The van der Waals surface area contributed by atoms with Gasteiger partial charge in [0.25, 0.3) is 0 Å². The molecular formula is C31H27NO3. The molecule has 5 rings (SSSR count). The third-order valence-electron chi connectivity index (χ3n) is 6.56. The summed E-state index contributed by atoms with van der Waals surface area (Å²) in [7, 11) is 0. The molecule has 4 nitrogen and oxygen atoms in total. The summed E-state index contributed by atoms with van der Waals surface area (Å²) >= 11 is 0. The van der Waals surface area contributed by atoms with Crippen LogP contribution in [0.3, 0.4) is 0 Å². The minimum Gasteiger partial charge on any atom is -0.494 e. The van der Waals surface area contributed by atoms with Crippen LogP contribution in [0.15, 0.2) is 133 Å². The molecule has 4 aromatic carbocycles. The molecule has 4 aromatic rings. The van der Waals surface area contributed by atoms with Gasteiger partial charge < -0.3 is 9.84 Å². The van der Waals surface area contributed by atoms with Gasteiger partial charge in [0.1, 0.15) is 6.61 Å². The molecule has 174 valence electrons. The van der Waals surface area contributed by atoms with Crippen LogP contribution in [-0.2, 0) is 16.6 Å². The van der Waals surface area contributed by atoms with Crippen molar-refractivity contribution in [3.8, 4) is 0 Å². The monoisotopic (exact) mass is 461 g/mol. The number of cyclic esters (lactones) is 1. The Bertz CT molecular complexity index is 1190. The number of amides is 1. The highest BCUT2D eigenvalue weighted by atomic mass is 16.6. The number of hydrogen-bond acceptors (Lipinski definition) is 3. The average molecular weight is 462 g/mol. The summed E-state index contributed by atoms with van der Waals surface area (Å²) in [5.74, 6) is -0.120. The molecule has 1 aliphatic rings. The Hall–Kier alpha value is -4.31. The van der Waals surface area contributed by atoms with Gasteiger partial charge in [-0.05, 0) is 34.8 Å². The number of allylic oxidation sites excluding steroid dienone is 1. The molecule has 0 unspecified atom stereocenters. The Kier molecular flexibility index (Phi) is 6.36. The second-order valence-electron chi connectivity index (χ2n) is 8.70. The van der Waals surface area contributed by atoms with Gasteiger partial charge in [-0.3, -0.25) is 0 Å². The second kappa shape index (κ2) is 9.90. The van der Waals surface area contributed by atoms with Crippen LogP contribution in [0.5, 0.6) is 0 Å². The van der Waals surface area contributed by atoms with E-state index in [2.05, 4.69) is 0 Å². The molecule has 35 heavy (non-hydrogen) atoms. The van der Waals surface area contributed by atoms with E-state index in [4.69, 9.17) is 4.74 Å². The molecule has 0 bridgehead atoms. The van der Waals surface area contributed by atoms with E-state index in [-0.39, 0.29) is 18.5 Å². The van der Waals surface area contributed by atoms with Gasteiger partial charge in [-0.1, -0.05) is 121 Å². The van der Waals surface area contributed by atoms with Crippen LogP contribution < -0.4 is 0 Å². The molecule has 1 amide bonds. The second-order valence-corrected chi connectivity index (χ2v) is 8.70. The normalized spacial score (nSPS) is 16.2. The Morgan fingerprint density at radius 3 is 1.66 bits per heavy atom. The zero-order valence-electron chi connectivity index (χ0n) is 19.3. The van der Waals surface area contributed by atoms with Gasteiger partial charge in [-0.15, -0.1) is 0 Å². The Labute approximate surface area is 205 Å². The number of rotatable bonds is 7. The van der Waals surface area contributed by atoms with Crippen molar-refractivity contribution in [3.05, 3.63) is 156 Å². The van der Waals surface area contributed by atoms with Crippen molar-refractivity contribution < 1.29 is 14.6 Å². The minimum absolute atomic E-state index is 0.120. The van der Waals surface area contributed by atoms with Crippen molar-refractivity contribution in [2.45, 2.75) is 17.9 Å². The first-order valence-corrected chi connectivity index (χ1v) is 11.8. The van der Waals surface area contributed by atoms with Gasteiger partial charge in [-0.2, -0.15) is 0 Å². The van der Waals surface area contributed by atoms with Crippen LogP contribution in [0.2, 0.25) is 0 Å². The van der Waals surface area contributed by atoms with Gasteiger partial charge in [0.15, 0.2) is 5.88 Å². The Morgan fingerprint density at radius 2 is 1.20 bits per heavy atom. The third-order valence-corrected chi connectivity index (χ3v) is 6.56. The molecule has 1 fully saturated rings. The topological polar surface area (TPSA) is 49.8 Å². The highest BCUT2D eigenvalue weighted by Crippen LogP contribution is 2.42. The number of nitrogens with zero attached hydrogens (tertiary/aromatic N) is 1. The van der Waals surface area contributed by atoms with Gasteiger partial charge in [-0.25, -0.2) is 9.69 Å². The largest absolute Gasteiger partial charge is 0.494 e. The lowest BCUT2D eigenvalue weighted by molar-refractivity contribution is 0.148. The first-order chi connectivity index (χ1) is 17.2. The van der Waals surface area contributed by atoms with E-state index < -0.39 is 11.5 Å². The molecule has 1 heterocycles. The van der Waals surface area contributed by atoms with Crippen LogP contribution in [-0.4, -0.2) is 28.7 Å². The Balaban J connectivity index is 1.67. The standard InChI is InChI=1S/C31H27NO3/c33-29(32-28(23-35-30(32)34)21-24-13-5-1-6-14-24)22-31(25-15-7-2-8-16-25,26-17-9-3-10-18-26)27-19-11-4-12-20-27/h1-20,22,28,33H,21,23H2/b29-22-/t28-/m0/s1. The first-order valence-electron chi connectivity index (χ1n) is 11.8. The van der Waals surface area contributed by atoms with Crippen LogP contribution in [0.4, 0.5) is 4.79 Å². The lowest BCUT2D eigenvalue weighted by Gasteiger charge is -2.34. The molecular weight excluding hydrogens is 434 g/mol. The van der Waals surface area contributed by atoms with Gasteiger partial charge >= 0.3 is 6.09 Å². The highest BCUT2D eigenvalue weighted by molar-refractivity contribution is 5.72. The molecule has 0 radical (unpaired) electrons. The Morgan fingerprint density at radius 1 is 0.771 bits per heavy atom. The number of aliphatic hydroxyl groups is 1. The average Bonchev–Trinajstić information content (AvgIpc) is 3.29. The van der Waals surface area contributed by atoms with E-state index >= 15 is 0 Å². The van der Waals surface area contributed by atoms with Crippen molar-refractivity contribution in [1.29, 1.82) is 0 Å². The molecule has 4 heteroatoms. The van der Waals surface area contributed by atoms with Crippen molar-refractivity contribution in [1.82, 2.24) is 4.90 Å². The van der Waals surface area contributed by atoms with Crippen molar-refractivity contribution in [3.63, 3.8) is 0 Å². The van der Waals surface area contributed by atoms with Crippen LogP contribution in [0, 0.1) is 0 Å². The van der Waals surface area contributed by atoms with E-state index in [0.29, 0.717) is 6.42 Å². The molecule has 1 atom stereocenters. The maximum absolute atomic E-state index is 12.8. The minimum atomic E-state index is -0.825. The summed E-state index contributed by atoms with van der Waals surface area (Å²) in [6.45, 7) is 0.223. The summed E-state index contributed by atoms with van der Waals surface area (Å²) < 4.78 is 5.39. The predicted molar refractivity (Wildman–Crippen MR) is 137 cm³/mol. The number of aliphatic hydroxyl groups excluding tert-OH is 1. The van der Waals surface area contributed by atoms with Crippen molar-refractivity contribution in [2.75, 3.05) is 6.61 Å². The first kappa shape index (κ1) is 22.5. The van der Waals surface area contributed by atoms with E-state index in [1.807, 2.05) is 121 Å². The summed E-state index contributed by atoms with van der Waals surface area (Å²) in [6, 6.07) is 39.8. The molecule has 1 saturated heterocycles. The number of carbonyl (C=O) groups is 1. The van der Waals surface area contributed by atoms with E-state index in [0.717, 1.165) is 22.3 Å². The fourth-order valence-corrected chi connectivity index (χ4v) is 4.89. The fraction of sp³-hybridized carbons (Fsp3) is 0.129. The van der Waals surface area contributed by atoms with Gasteiger partial charge in [0, 0.05) is 0 Å². The number of ether oxygens (including phenoxy) is 1. The fourth-order valence-electron chi connectivity index (χ4n) is 4.89. The van der Waals surface area contributed by atoms with Gasteiger partial charge in [0.05, 0.1) is 11.5 Å². The summed E-state index contributed by atoms with van der Waals surface area (Å²) in [5.41, 5.74) is 3.20. The molecule has 0 spiro atoms. The van der Waals surface area contributed by atoms with Crippen LogP contribution in [0.25, 0.3) is 0 Å². The molecule has 0 aliphatic carbocycles. The smallest absolute Gasteiger partial charge is 0.417 e. The quantitative estimate of drug-likeness (QED) is 0.253. The summed E-state index contributed by atoms with van der Waals surface area (Å²) in [4.78, 5) is 14.2. The third kappa shape index (κ3) is 4.43. The molecule has 0 saturated carbocycles. The van der Waals surface area contributed by atoms with Crippen molar-refractivity contribution in [2.24, 2.45) is 0 Å². The maximum Gasteiger partial charge on any atom is 0.417 e. The van der Waals surface area contributed by atoms with Gasteiger partial charge in [0.2, 0.25) is 0 Å². The van der Waals surface area contributed by atoms with Crippen LogP contribution in [0.1, 0.15) is 22.3 Å². The number of benzene rings is 4. The lowest BCUT2D eigenvalue weighted by atomic mass is 9.69. The lowest BCUT2D eigenvalue weighted by Crippen LogP contribution is -2.37. The van der Waals surface area contributed by atoms with E-state index in [9.17, 15) is 9.90 Å². The number of hydrogen-bond donors (Lipinski definition) is 1. The van der Waals surface area contributed by atoms with Crippen molar-refractivity contribution >= 4 is 6.09 Å². The zero-order chi connectivity index (χ0) is 24.1. The predicted octanol–water partition coefficient (Wildman–Crippen LogP) is 6.48. The molecule has 1 N–H and O–H groups in total. The molecule has 0 aromatic heterocycles. The summed E-state index contributed by atoms with van der Waals surface area (Å²) in [5, 5.41) is 11.6. The highest BCUT2D eigenvalue weighted by Gasteiger charge is 2.40. The SMILES string of the molecule is O=C1OC[C@H](Cc2ccccc2)N1/C(O)=C/C(c1ccccc1)(c1ccccc1)c1ccccc1. The van der Waals surface area contributed by atoms with E-state index in [1.165, 1.54) is 4.90 Å². The maximum atomic E-state index is 12.8. The van der Waals surface area contributed by atoms with E-state index in [1.54, 1.807) is 6.08 Å². The number of carbonyl (C=O) groups excluding carboxylic acids is 1. The zero-order valence-corrected chi connectivity index (χ0v) is 19.3. The summed E-state index contributed by atoms with van der Waals surface area (Å²) in [6.07, 6.45) is 1.83. The van der Waals surface area contributed by atoms with Crippen LogP contribution >= 0.6 is 0 Å².